The average molecular weight is 323 g/mol. The van der Waals surface area contributed by atoms with Crippen LogP contribution in [0, 0.1) is 0 Å². The van der Waals surface area contributed by atoms with E-state index in [1.807, 2.05) is 6.92 Å². The van der Waals surface area contributed by atoms with Gasteiger partial charge in [0.05, 0.1) is 16.0 Å². The molecule has 1 aromatic carbocycles. The number of hydrogen-bond donors (Lipinski definition) is 2. The highest BCUT2D eigenvalue weighted by Crippen LogP contribution is 2.27. The van der Waals surface area contributed by atoms with Crippen molar-refractivity contribution < 1.29 is 13.2 Å². The lowest BCUT2D eigenvalue weighted by atomic mass is 10.3. The predicted octanol–water partition coefficient (Wildman–Crippen LogP) is 1.08. The van der Waals surface area contributed by atoms with Gasteiger partial charge in [-0.15, -0.1) is 0 Å². The van der Waals surface area contributed by atoms with Gasteiger partial charge in [0, 0.05) is 13.1 Å². The largest absolute Gasteiger partial charge is 0.493 e. The molecule has 0 aliphatic carbocycles. The third-order valence-electron chi connectivity index (χ3n) is 1.95. The van der Waals surface area contributed by atoms with Crippen molar-refractivity contribution in [2.24, 2.45) is 5.73 Å². The number of halogens is 1. The summed E-state index contributed by atoms with van der Waals surface area (Å²) in [5.74, 6) is 0.616. The van der Waals surface area contributed by atoms with Crippen molar-refractivity contribution >= 4 is 26.0 Å². The van der Waals surface area contributed by atoms with Crippen molar-refractivity contribution in [3.63, 3.8) is 0 Å². The lowest BCUT2D eigenvalue weighted by Crippen LogP contribution is -2.29. The van der Waals surface area contributed by atoms with Gasteiger partial charge in [-0.25, -0.2) is 13.1 Å². The smallest absolute Gasteiger partial charge is 0.240 e. The number of nitrogens with two attached hydrogens (primary N) is 1. The zero-order valence-electron chi connectivity index (χ0n) is 9.44. The monoisotopic (exact) mass is 322 g/mol. The number of sulfonamides is 1. The maximum atomic E-state index is 11.8. The van der Waals surface area contributed by atoms with Crippen molar-refractivity contribution in [1.29, 1.82) is 0 Å². The van der Waals surface area contributed by atoms with Crippen molar-refractivity contribution in [3.8, 4) is 5.75 Å². The number of benzene rings is 1. The van der Waals surface area contributed by atoms with Crippen LogP contribution in [0.3, 0.4) is 0 Å². The zero-order chi connectivity index (χ0) is 12.9. The molecule has 5 nitrogen and oxygen atoms in total. The van der Waals surface area contributed by atoms with Gasteiger partial charge in [0.2, 0.25) is 10.0 Å². The Morgan fingerprint density at radius 1 is 1.47 bits per heavy atom. The summed E-state index contributed by atoms with van der Waals surface area (Å²) in [6.45, 7) is 2.86. The van der Waals surface area contributed by atoms with Crippen LogP contribution in [-0.2, 0) is 10.0 Å². The van der Waals surface area contributed by atoms with E-state index in [0.29, 0.717) is 16.8 Å². The van der Waals surface area contributed by atoms with Crippen molar-refractivity contribution in [1.82, 2.24) is 4.72 Å². The van der Waals surface area contributed by atoms with Crippen LogP contribution in [0.1, 0.15) is 6.92 Å². The summed E-state index contributed by atoms with van der Waals surface area (Å²) in [7, 11) is -3.49. The Balaban J connectivity index is 2.96. The minimum absolute atomic E-state index is 0.182. The van der Waals surface area contributed by atoms with Gasteiger partial charge in [-0.2, -0.15) is 0 Å². The van der Waals surface area contributed by atoms with Gasteiger partial charge in [-0.1, -0.05) is 0 Å². The summed E-state index contributed by atoms with van der Waals surface area (Å²) in [6, 6.07) is 4.61. The van der Waals surface area contributed by atoms with Gasteiger partial charge in [-0.05, 0) is 41.1 Å². The maximum absolute atomic E-state index is 11.8. The van der Waals surface area contributed by atoms with Crippen LogP contribution < -0.4 is 15.2 Å². The van der Waals surface area contributed by atoms with Crippen molar-refractivity contribution in [3.05, 3.63) is 22.7 Å². The summed E-state index contributed by atoms with van der Waals surface area (Å²) < 4.78 is 31.9. The van der Waals surface area contributed by atoms with E-state index in [9.17, 15) is 8.42 Å². The number of ether oxygens (including phenoxy) is 1. The van der Waals surface area contributed by atoms with Gasteiger partial charge >= 0.3 is 0 Å². The molecule has 0 radical (unpaired) electrons. The summed E-state index contributed by atoms with van der Waals surface area (Å²) >= 11 is 3.27. The molecule has 0 unspecified atom stereocenters. The van der Waals surface area contributed by atoms with E-state index in [4.69, 9.17) is 10.5 Å². The van der Waals surface area contributed by atoms with E-state index >= 15 is 0 Å². The Hall–Kier alpha value is -0.630. The van der Waals surface area contributed by atoms with Gasteiger partial charge in [0.25, 0.3) is 0 Å². The highest BCUT2D eigenvalue weighted by atomic mass is 79.9. The van der Waals surface area contributed by atoms with Gasteiger partial charge in [-0.3, -0.25) is 0 Å². The molecule has 0 heterocycles. The lowest BCUT2D eigenvalue weighted by molar-refractivity contribution is 0.338. The fourth-order valence-electron chi connectivity index (χ4n) is 1.20. The van der Waals surface area contributed by atoms with Gasteiger partial charge < -0.3 is 10.5 Å². The van der Waals surface area contributed by atoms with E-state index in [-0.39, 0.29) is 18.0 Å². The van der Waals surface area contributed by atoms with Gasteiger partial charge in [0.15, 0.2) is 0 Å². The van der Waals surface area contributed by atoms with E-state index in [1.54, 1.807) is 6.07 Å². The third kappa shape index (κ3) is 3.95. The van der Waals surface area contributed by atoms with E-state index in [2.05, 4.69) is 20.7 Å². The first-order valence-electron chi connectivity index (χ1n) is 5.13. The van der Waals surface area contributed by atoms with Crippen LogP contribution in [0.15, 0.2) is 27.6 Å². The van der Waals surface area contributed by atoms with Crippen LogP contribution in [0.4, 0.5) is 0 Å². The molecule has 0 aliphatic heterocycles. The molecule has 3 N–H and O–H groups in total. The number of nitrogens with one attached hydrogen (secondary N) is 1. The molecule has 0 bridgehead atoms. The summed E-state index contributed by atoms with van der Waals surface area (Å²) in [6.07, 6.45) is 0. The second kappa shape index (κ2) is 6.34. The fraction of sp³-hybridized carbons (Fsp3) is 0.400. The Bertz CT molecular complexity index is 476. The first kappa shape index (κ1) is 14.4. The molecular weight excluding hydrogens is 308 g/mol. The fourth-order valence-corrected chi connectivity index (χ4v) is 2.92. The molecule has 0 saturated carbocycles. The lowest BCUT2D eigenvalue weighted by Gasteiger charge is -2.09. The van der Waals surface area contributed by atoms with E-state index < -0.39 is 10.0 Å². The quantitative estimate of drug-likeness (QED) is 0.821. The second-order valence-electron chi connectivity index (χ2n) is 3.21. The van der Waals surface area contributed by atoms with Gasteiger partial charge in [0.1, 0.15) is 5.75 Å². The normalized spacial score (nSPS) is 11.5. The second-order valence-corrected chi connectivity index (χ2v) is 5.83. The molecule has 96 valence electrons. The van der Waals surface area contributed by atoms with Crippen LogP contribution in [-0.4, -0.2) is 28.1 Å². The topological polar surface area (TPSA) is 81.4 Å². The molecule has 1 rings (SSSR count). The molecule has 0 amide bonds. The Morgan fingerprint density at radius 3 is 2.71 bits per heavy atom. The SMILES string of the molecule is CCOc1ccc(S(=O)(=O)NCCN)cc1Br. The molecule has 0 aliphatic rings. The third-order valence-corrected chi connectivity index (χ3v) is 4.03. The summed E-state index contributed by atoms with van der Waals surface area (Å²) in [4.78, 5) is 0.182. The molecule has 1 aromatic rings. The molecule has 7 heteroatoms. The predicted molar refractivity (Wildman–Crippen MR) is 69.6 cm³/mol. The first-order chi connectivity index (χ1) is 8.01. The Morgan fingerprint density at radius 2 is 2.18 bits per heavy atom. The summed E-state index contributed by atoms with van der Waals surface area (Å²) in [5, 5.41) is 0. The summed E-state index contributed by atoms with van der Waals surface area (Å²) in [5.41, 5.74) is 5.25. The molecule has 0 aromatic heterocycles. The van der Waals surface area contributed by atoms with E-state index in [1.165, 1.54) is 12.1 Å². The molecular formula is C10H15BrN2O3S. The van der Waals surface area contributed by atoms with Crippen LogP contribution in [0.5, 0.6) is 5.75 Å². The minimum Gasteiger partial charge on any atom is -0.493 e. The number of rotatable bonds is 6. The molecule has 17 heavy (non-hydrogen) atoms. The van der Waals surface area contributed by atoms with Crippen LogP contribution >= 0.6 is 15.9 Å². The molecule has 0 saturated heterocycles. The molecule has 0 spiro atoms. The standard InChI is InChI=1S/C10H15BrN2O3S/c1-2-16-10-4-3-8(7-9(10)11)17(14,15)13-6-5-12/h3-4,7,13H,2,5-6,12H2,1H3. The molecule has 0 fully saturated rings. The maximum Gasteiger partial charge on any atom is 0.240 e. The van der Waals surface area contributed by atoms with Crippen LogP contribution in [0.25, 0.3) is 0 Å². The Kier molecular flexibility index (Phi) is 5.38. The van der Waals surface area contributed by atoms with Crippen molar-refractivity contribution in [2.45, 2.75) is 11.8 Å². The van der Waals surface area contributed by atoms with Crippen LogP contribution in [0.2, 0.25) is 0 Å². The van der Waals surface area contributed by atoms with Crippen molar-refractivity contribution in [2.75, 3.05) is 19.7 Å². The number of hydrogen-bond acceptors (Lipinski definition) is 4. The van der Waals surface area contributed by atoms with E-state index in [0.717, 1.165) is 0 Å². The minimum atomic E-state index is -3.49. The molecule has 0 atom stereocenters. The zero-order valence-corrected chi connectivity index (χ0v) is 11.8. The Labute approximate surface area is 110 Å². The highest BCUT2D eigenvalue weighted by molar-refractivity contribution is 9.10. The first-order valence-corrected chi connectivity index (χ1v) is 7.41. The highest BCUT2D eigenvalue weighted by Gasteiger charge is 2.14. The average Bonchev–Trinajstić information content (AvgIpc) is 2.29.